The number of alkyl halides is 3. The van der Waals surface area contributed by atoms with Crippen molar-refractivity contribution in [2.75, 3.05) is 39.3 Å². The van der Waals surface area contributed by atoms with Crippen LogP contribution in [0.3, 0.4) is 0 Å². The van der Waals surface area contributed by atoms with E-state index >= 15 is 0 Å². The predicted octanol–water partition coefficient (Wildman–Crippen LogP) is 3.13. The van der Waals surface area contributed by atoms with Gasteiger partial charge in [-0.15, -0.1) is 24.0 Å². The molecule has 0 aliphatic carbocycles. The van der Waals surface area contributed by atoms with Gasteiger partial charge in [-0.2, -0.15) is 13.2 Å². The Morgan fingerprint density at radius 3 is 2.54 bits per heavy atom. The van der Waals surface area contributed by atoms with Crippen LogP contribution in [0.5, 0.6) is 5.88 Å². The van der Waals surface area contributed by atoms with Gasteiger partial charge in [0.1, 0.15) is 6.04 Å². The van der Waals surface area contributed by atoms with Crippen molar-refractivity contribution in [3.63, 3.8) is 0 Å². The van der Waals surface area contributed by atoms with Gasteiger partial charge in [0.05, 0.1) is 13.2 Å². The van der Waals surface area contributed by atoms with Crippen LogP contribution in [0, 0.1) is 0 Å². The molecule has 0 radical (unpaired) electrons. The molecule has 0 saturated carbocycles. The first-order valence-corrected chi connectivity index (χ1v) is 9.27. The van der Waals surface area contributed by atoms with E-state index in [0.717, 1.165) is 5.56 Å². The number of piperazine rings is 1. The van der Waals surface area contributed by atoms with Gasteiger partial charge in [-0.1, -0.05) is 6.07 Å². The molecular formula is C18H29F3IN5O. The minimum Gasteiger partial charge on any atom is -0.478 e. The van der Waals surface area contributed by atoms with Crippen LogP contribution in [0.15, 0.2) is 23.3 Å². The number of nitrogens with one attached hydrogen (secondary N) is 1. The van der Waals surface area contributed by atoms with Crippen molar-refractivity contribution in [2.24, 2.45) is 4.99 Å². The SMILES string of the molecule is CCNC(=NCc1cccnc1OCC)N1CCN(C(C)C(F)(F)F)CC1.I. The molecule has 6 nitrogen and oxygen atoms in total. The van der Waals surface area contributed by atoms with Crippen LogP contribution in [0.1, 0.15) is 26.3 Å². The summed E-state index contributed by atoms with van der Waals surface area (Å²) < 4.78 is 44.2. The summed E-state index contributed by atoms with van der Waals surface area (Å²) in [7, 11) is 0. The maximum absolute atomic E-state index is 12.9. The molecule has 1 saturated heterocycles. The molecule has 28 heavy (non-hydrogen) atoms. The second-order valence-corrected chi connectivity index (χ2v) is 6.31. The molecule has 0 amide bonds. The zero-order valence-electron chi connectivity index (χ0n) is 16.5. The van der Waals surface area contributed by atoms with Gasteiger partial charge in [0.25, 0.3) is 0 Å². The molecule has 1 atom stereocenters. The van der Waals surface area contributed by atoms with E-state index in [0.29, 0.717) is 57.7 Å². The second kappa shape index (κ2) is 11.6. The Kier molecular flexibility index (Phi) is 10.3. The van der Waals surface area contributed by atoms with Crippen molar-refractivity contribution >= 4 is 29.9 Å². The van der Waals surface area contributed by atoms with Gasteiger partial charge in [0.2, 0.25) is 5.88 Å². The number of pyridine rings is 1. The molecule has 1 unspecified atom stereocenters. The molecular weight excluding hydrogens is 486 g/mol. The van der Waals surface area contributed by atoms with Crippen molar-refractivity contribution in [1.82, 2.24) is 20.1 Å². The highest BCUT2D eigenvalue weighted by Crippen LogP contribution is 2.25. The molecule has 2 heterocycles. The van der Waals surface area contributed by atoms with E-state index in [1.54, 1.807) is 6.20 Å². The lowest BCUT2D eigenvalue weighted by molar-refractivity contribution is -0.181. The molecule has 10 heteroatoms. The van der Waals surface area contributed by atoms with E-state index in [1.807, 2.05) is 30.9 Å². The summed E-state index contributed by atoms with van der Waals surface area (Å²) >= 11 is 0. The molecule has 1 aliphatic heterocycles. The van der Waals surface area contributed by atoms with E-state index in [1.165, 1.54) is 11.8 Å². The molecule has 2 rings (SSSR count). The molecule has 0 bridgehead atoms. The Morgan fingerprint density at radius 2 is 1.96 bits per heavy atom. The maximum atomic E-state index is 12.9. The van der Waals surface area contributed by atoms with Crippen molar-refractivity contribution in [2.45, 2.75) is 39.5 Å². The van der Waals surface area contributed by atoms with E-state index in [9.17, 15) is 13.2 Å². The van der Waals surface area contributed by atoms with Crippen molar-refractivity contribution in [1.29, 1.82) is 0 Å². The Labute approximate surface area is 181 Å². The third-order valence-electron chi connectivity index (χ3n) is 4.50. The average molecular weight is 515 g/mol. The van der Waals surface area contributed by atoms with Crippen molar-refractivity contribution in [3.8, 4) is 5.88 Å². The molecule has 160 valence electrons. The van der Waals surface area contributed by atoms with Crippen LogP contribution in [0.2, 0.25) is 0 Å². The third-order valence-corrected chi connectivity index (χ3v) is 4.50. The van der Waals surface area contributed by atoms with Crippen LogP contribution in [-0.2, 0) is 6.54 Å². The summed E-state index contributed by atoms with van der Waals surface area (Å²) in [5, 5.41) is 3.22. The van der Waals surface area contributed by atoms with Gasteiger partial charge >= 0.3 is 6.18 Å². The highest BCUT2D eigenvalue weighted by molar-refractivity contribution is 14.0. The maximum Gasteiger partial charge on any atom is 0.403 e. The zero-order valence-corrected chi connectivity index (χ0v) is 18.8. The fourth-order valence-electron chi connectivity index (χ4n) is 2.93. The average Bonchev–Trinajstić information content (AvgIpc) is 2.65. The fraction of sp³-hybridized carbons (Fsp3) is 0.667. The summed E-state index contributed by atoms with van der Waals surface area (Å²) in [6.07, 6.45) is -2.53. The molecule has 1 N–H and O–H groups in total. The lowest BCUT2D eigenvalue weighted by Gasteiger charge is -2.39. The number of halogens is 4. The topological polar surface area (TPSA) is 53.0 Å². The van der Waals surface area contributed by atoms with E-state index in [4.69, 9.17) is 4.74 Å². The largest absolute Gasteiger partial charge is 0.478 e. The van der Waals surface area contributed by atoms with Crippen LogP contribution in [-0.4, -0.2) is 72.3 Å². The Hall–Kier alpha value is -1.30. The molecule has 1 aromatic rings. The Bertz CT molecular complexity index is 621. The number of aromatic nitrogens is 1. The monoisotopic (exact) mass is 515 g/mol. The Morgan fingerprint density at radius 1 is 1.29 bits per heavy atom. The smallest absolute Gasteiger partial charge is 0.403 e. The van der Waals surface area contributed by atoms with E-state index in [2.05, 4.69) is 15.3 Å². The zero-order chi connectivity index (χ0) is 19.9. The standard InChI is InChI=1S/C18H28F3N5O.HI/c1-4-22-17(24-13-15-7-6-8-23-16(15)27-5-2)26-11-9-25(10-12-26)14(3)18(19,20)21;/h6-8,14H,4-5,9-13H2,1-3H3,(H,22,24);1H. The first-order valence-electron chi connectivity index (χ1n) is 9.27. The van der Waals surface area contributed by atoms with E-state index in [-0.39, 0.29) is 24.0 Å². The van der Waals surface area contributed by atoms with E-state index < -0.39 is 12.2 Å². The first kappa shape index (κ1) is 24.7. The summed E-state index contributed by atoms with van der Waals surface area (Å²) in [5.41, 5.74) is 0.874. The highest BCUT2D eigenvalue weighted by atomic mass is 127. The molecule has 0 aromatic carbocycles. The summed E-state index contributed by atoms with van der Waals surface area (Å²) in [6.45, 7) is 8.37. The lowest BCUT2D eigenvalue weighted by Crippen LogP contribution is -2.56. The van der Waals surface area contributed by atoms with Crippen LogP contribution < -0.4 is 10.1 Å². The van der Waals surface area contributed by atoms with Crippen LogP contribution in [0.4, 0.5) is 13.2 Å². The summed E-state index contributed by atoms with van der Waals surface area (Å²) in [5.74, 6) is 1.26. The predicted molar refractivity (Wildman–Crippen MR) is 114 cm³/mol. The number of guanidine groups is 1. The number of hydrogen-bond donors (Lipinski definition) is 1. The van der Waals surface area contributed by atoms with Crippen molar-refractivity contribution in [3.05, 3.63) is 23.9 Å². The van der Waals surface area contributed by atoms with Gasteiger partial charge in [-0.3, -0.25) is 4.90 Å². The van der Waals surface area contributed by atoms with Gasteiger partial charge in [-0.25, -0.2) is 9.98 Å². The number of hydrogen-bond acceptors (Lipinski definition) is 4. The molecule has 1 aliphatic rings. The third kappa shape index (κ3) is 6.94. The van der Waals surface area contributed by atoms with Gasteiger partial charge in [-0.05, 0) is 26.8 Å². The Balaban J connectivity index is 0.00000392. The fourth-order valence-corrected chi connectivity index (χ4v) is 2.93. The number of aliphatic imine (C=N–C) groups is 1. The highest BCUT2D eigenvalue weighted by Gasteiger charge is 2.41. The van der Waals surface area contributed by atoms with Crippen molar-refractivity contribution < 1.29 is 17.9 Å². The quantitative estimate of drug-likeness (QED) is 0.359. The number of ether oxygens (including phenoxy) is 1. The molecule has 0 spiro atoms. The minimum absolute atomic E-state index is 0. The number of nitrogens with zero attached hydrogens (tertiary/aromatic N) is 4. The van der Waals surface area contributed by atoms with Gasteiger partial charge in [0.15, 0.2) is 5.96 Å². The van der Waals surface area contributed by atoms with Gasteiger partial charge < -0.3 is 15.0 Å². The molecule has 1 aromatic heterocycles. The second-order valence-electron chi connectivity index (χ2n) is 6.31. The molecule has 1 fully saturated rings. The first-order chi connectivity index (χ1) is 12.9. The minimum atomic E-state index is -4.20. The normalized spacial score (nSPS) is 17.1. The van der Waals surface area contributed by atoms with Crippen LogP contribution >= 0.6 is 24.0 Å². The summed E-state index contributed by atoms with van der Waals surface area (Å²) in [4.78, 5) is 12.3. The summed E-state index contributed by atoms with van der Waals surface area (Å²) in [6, 6.07) is 2.31. The van der Waals surface area contributed by atoms with Gasteiger partial charge in [0, 0.05) is 44.5 Å². The van der Waals surface area contributed by atoms with Crippen LogP contribution in [0.25, 0.3) is 0 Å². The lowest BCUT2D eigenvalue weighted by atomic mass is 10.2. The number of rotatable bonds is 6.